The zero-order valence-corrected chi connectivity index (χ0v) is 14.0. The average Bonchev–Trinajstić information content (AvgIpc) is 3.05. The van der Waals surface area contributed by atoms with Crippen LogP contribution in [0.3, 0.4) is 0 Å². The fourth-order valence-corrected chi connectivity index (χ4v) is 2.95. The summed E-state index contributed by atoms with van der Waals surface area (Å²) in [6.07, 6.45) is 1.49. The summed E-state index contributed by atoms with van der Waals surface area (Å²) in [5, 5.41) is 7.75. The molecule has 1 amide bonds. The van der Waals surface area contributed by atoms with E-state index in [0.717, 1.165) is 24.2 Å². The normalized spacial score (nSPS) is 15.2. The molecule has 4 rings (SSSR count). The van der Waals surface area contributed by atoms with E-state index < -0.39 is 11.5 Å². The summed E-state index contributed by atoms with van der Waals surface area (Å²) in [5.41, 5.74) is 1.69. The van der Waals surface area contributed by atoms with E-state index in [9.17, 15) is 9.59 Å². The molecule has 1 fully saturated rings. The van der Waals surface area contributed by atoms with E-state index in [1.165, 1.54) is 12.3 Å². The number of nitrogens with zero attached hydrogens (tertiary/aromatic N) is 2. The Labute approximate surface area is 148 Å². The van der Waals surface area contributed by atoms with E-state index in [0.29, 0.717) is 31.0 Å². The van der Waals surface area contributed by atoms with Crippen molar-refractivity contribution in [2.45, 2.75) is 6.54 Å². The molecule has 0 aliphatic carbocycles. The lowest BCUT2D eigenvalue weighted by atomic mass is 10.1. The van der Waals surface area contributed by atoms with Crippen LogP contribution in [0.2, 0.25) is 0 Å². The van der Waals surface area contributed by atoms with Gasteiger partial charge in [-0.15, -0.1) is 0 Å². The number of aromatic nitrogens is 2. The van der Waals surface area contributed by atoms with E-state index in [4.69, 9.17) is 9.26 Å². The fourth-order valence-electron chi connectivity index (χ4n) is 2.95. The molecule has 1 saturated heterocycles. The highest BCUT2D eigenvalue weighted by Crippen LogP contribution is 2.24. The number of amides is 1. The summed E-state index contributed by atoms with van der Waals surface area (Å²) in [6, 6.07) is 8.39. The van der Waals surface area contributed by atoms with E-state index in [2.05, 4.69) is 20.4 Å². The number of aromatic amines is 1. The second kappa shape index (κ2) is 7.11. The van der Waals surface area contributed by atoms with Gasteiger partial charge in [0.25, 0.3) is 11.5 Å². The number of hydrogen-bond donors (Lipinski definition) is 2. The van der Waals surface area contributed by atoms with Crippen LogP contribution in [0.4, 0.5) is 5.69 Å². The SMILES string of the molecule is O=C(Nc1ccc2onc(CN3CCOCC3)c2c1)c1ccc[nH]c1=O. The fraction of sp³-hybridized carbons (Fsp3) is 0.278. The number of carbonyl (C=O) groups is 1. The van der Waals surface area contributed by atoms with Crippen LogP contribution in [0.1, 0.15) is 16.1 Å². The second-order valence-corrected chi connectivity index (χ2v) is 6.10. The molecule has 0 atom stereocenters. The summed E-state index contributed by atoms with van der Waals surface area (Å²) >= 11 is 0. The van der Waals surface area contributed by atoms with Crippen LogP contribution >= 0.6 is 0 Å². The van der Waals surface area contributed by atoms with Gasteiger partial charge in [0.15, 0.2) is 5.58 Å². The lowest BCUT2D eigenvalue weighted by Gasteiger charge is -2.25. The summed E-state index contributed by atoms with van der Waals surface area (Å²) in [6.45, 7) is 3.78. The number of nitrogens with one attached hydrogen (secondary N) is 2. The van der Waals surface area contributed by atoms with Crippen molar-refractivity contribution >= 4 is 22.6 Å². The molecular weight excluding hydrogens is 336 g/mol. The van der Waals surface area contributed by atoms with E-state index in [-0.39, 0.29) is 5.56 Å². The number of pyridine rings is 1. The number of rotatable bonds is 4. The maximum Gasteiger partial charge on any atom is 0.261 e. The van der Waals surface area contributed by atoms with E-state index in [1.807, 2.05) is 6.07 Å². The molecule has 0 radical (unpaired) electrons. The topological polar surface area (TPSA) is 100 Å². The monoisotopic (exact) mass is 354 g/mol. The van der Waals surface area contributed by atoms with Gasteiger partial charge in [0.1, 0.15) is 11.3 Å². The molecule has 2 N–H and O–H groups in total. The smallest absolute Gasteiger partial charge is 0.261 e. The van der Waals surface area contributed by atoms with E-state index in [1.54, 1.807) is 18.2 Å². The quantitative estimate of drug-likeness (QED) is 0.738. The molecule has 3 aromatic rings. The van der Waals surface area contributed by atoms with Crippen molar-refractivity contribution in [2.75, 3.05) is 31.6 Å². The van der Waals surface area contributed by atoms with Crippen molar-refractivity contribution in [1.82, 2.24) is 15.0 Å². The first kappa shape index (κ1) is 16.5. The molecule has 1 aliphatic heterocycles. The first-order valence-electron chi connectivity index (χ1n) is 8.38. The third-order valence-electron chi connectivity index (χ3n) is 4.34. The van der Waals surface area contributed by atoms with Gasteiger partial charge < -0.3 is 19.6 Å². The van der Waals surface area contributed by atoms with E-state index >= 15 is 0 Å². The minimum atomic E-state index is -0.461. The van der Waals surface area contributed by atoms with Crippen LogP contribution in [0.5, 0.6) is 0 Å². The predicted molar refractivity (Wildman–Crippen MR) is 95.1 cm³/mol. The van der Waals surface area contributed by atoms with Gasteiger partial charge in [0.2, 0.25) is 0 Å². The molecule has 0 unspecified atom stereocenters. The Kier molecular flexibility index (Phi) is 4.51. The van der Waals surface area contributed by atoms with Crippen LogP contribution in [-0.2, 0) is 11.3 Å². The molecule has 1 aliphatic rings. The Hall–Kier alpha value is -2.97. The zero-order valence-electron chi connectivity index (χ0n) is 14.0. The van der Waals surface area contributed by atoms with Gasteiger partial charge in [-0.05, 0) is 30.3 Å². The predicted octanol–water partition coefficient (Wildman–Crippen LogP) is 1.60. The number of ether oxygens (including phenoxy) is 1. The standard InChI is InChI=1S/C18H18N4O4/c23-17-13(2-1-5-19-17)18(24)20-12-3-4-16-14(10-12)15(21-26-16)11-22-6-8-25-9-7-22/h1-5,10H,6-9,11H2,(H,19,23)(H,20,24). The highest BCUT2D eigenvalue weighted by molar-refractivity contribution is 6.04. The lowest BCUT2D eigenvalue weighted by Crippen LogP contribution is -2.35. The van der Waals surface area contributed by atoms with Crippen LogP contribution in [-0.4, -0.2) is 47.3 Å². The Balaban J connectivity index is 1.56. The first-order valence-corrected chi connectivity index (χ1v) is 8.38. The third kappa shape index (κ3) is 3.37. The Morgan fingerprint density at radius 2 is 2.12 bits per heavy atom. The minimum absolute atomic E-state index is 0.0615. The molecule has 2 aromatic heterocycles. The molecule has 0 saturated carbocycles. The number of anilines is 1. The maximum absolute atomic E-state index is 12.3. The molecule has 26 heavy (non-hydrogen) atoms. The molecular formula is C18H18N4O4. The number of H-pyrrole nitrogens is 1. The van der Waals surface area contributed by atoms with Gasteiger partial charge in [-0.1, -0.05) is 5.16 Å². The molecule has 1 aromatic carbocycles. The van der Waals surface area contributed by atoms with Crippen LogP contribution in [0.25, 0.3) is 11.0 Å². The van der Waals surface area contributed by atoms with Gasteiger partial charge >= 0.3 is 0 Å². The molecule has 8 heteroatoms. The second-order valence-electron chi connectivity index (χ2n) is 6.10. The van der Waals surface area contributed by atoms with Crippen molar-refractivity contribution in [3.05, 3.63) is 58.1 Å². The van der Waals surface area contributed by atoms with Gasteiger partial charge in [-0.2, -0.15) is 0 Å². The summed E-state index contributed by atoms with van der Waals surface area (Å²) in [7, 11) is 0. The van der Waals surface area contributed by atoms with Crippen molar-refractivity contribution in [3.8, 4) is 0 Å². The number of benzene rings is 1. The molecule has 0 bridgehead atoms. The van der Waals surface area contributed by atoms with Crippen LogP contribution < -0.4 is 10.9 Å². The molecule has 0 spiro atoms. The maximum atomic E-state index is 12.3. The molecule has 134 valence electrons. The average molecular weight is 354 g/mol. The summed E-state index contributed by atoms with van der Waals surface area (Å²) in [5.74, 6) is -0.461. The van der Waals surface area contributed by atoms with Gasteiger partial charge in [0, 0.05) is 36.9 Å². The third-order valence-corrected chi connectivity index (χ3v) is 4.34. The van der Waals surface area contributed by atoms with Crippen molar-refractivity contribution in [1.29, 1.82) is 0 Å². The van der Waals surface area contributed by atoms with Crippen molar-refractivity contribution in [2.24, 2.45) is 0 Å². The van der Waals surface area contributed by atoms with Gasteiger partial charge in [0.05, 0.1) is 13.2 Å². The number of carbonyl (C=O) groups excluding carboxylic acids is 1. The van der Waals surface area contributed by atoms with Crippen molar-refractivity contribution < 1.29 is 14.1 Å². The Morgan fingerprint density at radius 1 is 1.27 bits per heavy atom. The van der Waals surface area contributed by atoms with Gasteiger partial charge in [-0.25, -0.2) is 0 Å². The lowest BCUT2D eigenvalue weighted by molar-refractivity contribution is 0.0334. The molecule has 3 heterocycles. The summed E-state index contributed by atoms with van der Waals surface area (Å²) in [4.78, 5) is 28.8. The zero-order chi connectivity index (χ0) is 17.9. The minimum Gasteiger partial charge on any atom is -0.379 e. The molecule has 8 nitrogen and oxygen atoms in total. The van der Waals surface area contributed by atoms with Crippen molar-refractivity contribution in [3.63, 3.8) is 0 Å². The van der Waals surface area contributed by atoms with Crippen LogP contribution in [0.15, 0.2) is 45.8 Å². The Morgan fingerprint density at radius 3 is 2.92 bits per heavy atom. The first-order chi connectivity index (χ1) is 12.7. The number of morpholine rings is 1. The Bertz CT molecular complexity index is 988. The largest absolute Gasteiger partial charge is 0.379 e. The highest BCUT2D eigenvalue weighted by Gasteiger charge is 2.17. The number of fused-ring (bicyclic) bond motifs is 1. The summed E-state index contributed by atoms with van der Waals surface area (Å²) < 4.78 is 10.7. The number of hydrogen-bond acceptors (Lipinski definition) is 6. The van der Waals surface area contributed by atoms with Gasteiger partial charge in [-0.3, -0.25) is 14.5 Å². The highest BCUT2D eigenvalue weighted by atomic mass is 16.5. The van der Waals surface area contributed by atoms with Crippen LogP contribution in [0, 0.1) is 0 Å².